The molecule has 0 bridgehead atoms. The smallest absolute Gasteiger partial charge is 0.179 e. The molecule has 6 rings (SSSR count). The molecule has 0 radical (unpaired) electrons. The maximum Gasteiger partial charge on any atom is 0.179 e. The predicted octanol–water partition coefficient (Wildman–Crippen LogP) is 3.46. The number of benzene rings is 1. The highest BCUT2D eigenvalue weighted by atomic mass is 16.5. The Kier molecular flexibility index (Phi) is 8.53. The van der Waals surface area contributed by atoms with Gasteiger partial charge in [0.05, 0.1) is 43.5 Å². The minimum absolute atomic E-state index is 0.163. The van der Waals surface area contributed by atoms with Crippen LogP contribution < -0.4 is 0 Å². The Labute approximate surface area is 234 Å². The number of carbonyl (C=O) groups is 1. The van der Waals surface area contributed by atoms with Gasteiger partial charge in [-0.25, -0.2) is 9.97 Å². The average Bonchev–Trinajstić information content (AvgIpc) is 3.43. The van der Waals surface area contributed by atoms with Gasteiger partial charge in [-0.15, -0.1) is 0 Å². The number of ether oxygens (including phenoxy) is 2. The van der Waals surface area contributed by atoms with Crippen molar-refractivity contribution in [3.05, 3.63) is 78.0 Å². The molecule has 4 aromatic rings. The van der Waals surface area contributed by atoms with E-state index in [9.17, 15) is 4.79 Å². The third-order valence-electron chi connectivity index (χ3n) is 7.69. The minimum Gasteiger partial charge on any atom is -0.379 e. The first-order valence-corrected chi connectivity index (χ1v) is 14.2. The van der Waals surface area contributed by atoms with Gasteiger partial charge in [-0.3, -0.25) is 19.6 Å². The molecule has 0 spiro atoms. The van der Waals surface area contributed by atoms with Gasteiger partial charge in [0.15, 0.2) is 5.78 Å². The van der Waals surface area contributed by atoms with Gasteiger partial charge >= 0.3 is 0 Å². The van der Waals surface area contributed by atoms with E-state index >= 15 is 0 Å². The Morgan fingerprint density at radius 1 is 0.850 bits per heavy atom. The maximum absolute atomic E-state index is 13.5. The highest BCUT2D eigenvalue weighted by Gasteiger charge is 2.24. The first-order valence-electron chi connectivity index (χ1n) is 14.2. The number of carbonyl (C=O) groups excluding carboxylic acids is 1. The van der Waals surface area contributed by atoms with Crippen LogP contribution >= 0.6 is 0 Å². The molecule has 0 aliphatic carbocycles. The summed E-state index contributed by atoms with van der Waals surface area (Å²) < 4.78 is 11.1. The number of hydrogen-bond donors (Lipinski definition) is 1. The molecule has 5 heterocycles. The molecule has 2 saturated heterocycles. The zero-order valence-electron chi connectivity index (χ0n) is 22.8. The third kappa shape index (κ3) is 6.79. The number of ketones is 1. The molecule has 2 aliphatic heterocycles. The monoisotopic (exact) mass is 540 g/mol. The zero-order valence-corrected chi connectivity index (χ0v) is 22.8. The number of morpholine rings is 2. The highest BCUT2D eigenvalue weighted by Crippen LogP contribution is 2.22. The topological polar surface area (TPSA) is 96.5 Å². The van der Waals surface area contributed by atoms with Crippen molar-refractivity contribution < 1.29 is 14.3 Å². The van der Waals surface area contributed by atoms with E-state index in [0.29, 0.717) is 18.5 Å². The Bertz CT molecular complexity index is 1390. The second-order valence-corrected chi connectivity index (χ2v) is 10.7. The molecule has 1 aromatic carbocycles. The molecular weight excluding hydrogens is 504 g/mol. The van der Waals surface area contributed by atoms with Gasteiger partial charge in [0.1, 0.15) is 5.82 Å². The van der Waals surface area contributed by atoms with E-state index in [4.69, 9.17) is 14.5 Å². The molecule has 0 atom stereocenters. The third-order valence-corrected chi connectivity index (χ3v) is 7.69. The van der Waals surface area contributed by atoms with Crippen LogP contribution in [0.2, 0.25) is 0 Å². The van der Waals surface area contributed by atoms with Crippen molar-refractivity contribution in [2.75, 3.05) is 65.7 Å². The summed E-state index contributed by atoms with van der Waals surface area (Å²) in [6, 6.07) is 15.9. The highest BCUT2D eigenvalue weighted by molar-refractivity contribution is 5.99. The van der Waals surface area contributed by atoms with E-state index < -0.39 is 0 Å². The molecule has 9 heteroatoms. The van der Waals surface area contributed by atoms with E-state index in [2.05, 4.69) is 36.9 Å². The molecule has 0 saturated carbocycles. The maximum atomic E-state index is 13.5. The van der Waals surface area contributed by atoms with E-state index in [0.717, 1.165) is 99.4 Å². The number of rotatable bonds is 10. The minimum atomic E-state index is 0.163. The number of nitrogens with zero attached hydrogens (tertiary/aromatic N) is 5. The standard InChI is InChI=1S/C31H36N6O3/c38-30(18-24(21-36-9-13-39-14-10-36)22-37-11-15-40-16-12-37)29-20-25-17-23(4-5-26(25)34-29)19-31-33-8-6-28(35-31)27-3-1-2-7-32-27/h1-8,17,20,24,34H,9-16,18-19,21-22H2. The van der Waals surface area contributed by atoms with Crippen molar-refractivity contribution in [1.82, 2.24) is 29.7 Å². The molecular formula is C31H36N6O3. The van der Waals surface area contributed by atoms with Gasteiger partial charge in [0.2, 0.25) is 0 Å². The summed E-state index contributed by atoms with van der Waals surface area (Å²) >= 11 is 0. The molecule has 9 nitrogen and oxygen atoms in total. The van der Waals surface area contributed by atoms with Crippen LogP contribution in [-0.4, -0.2) is 101 Å². The summed E-state index contributed by atoms with van der Waals surface area (Å²) in [6.07, 6.45) is 4.67. The number of hydrogen-bond acceptors (Lipinski definition) is 8. The molecule has 208 valence electrons. The normalized spacial score (nSPS) is 17.0. The number of aromatic amines is 1. The summed E-state index contributed by atoms with van der Waals surface area (Å²) in [5, 5.41) is 1.03. The van der Waals surface area contributed by atoms with Gasteiger partial charge in [-0.2, -0.15) is 0 Å². The van der Waals surface area contributed by atoms with E-state index in [1.54, 1.807) is 12.4 Å². The van der Waals surface area contributed by atoms with E-state index in [1.165, 1.54) is 0 Å². The van der Waals surface area contributed by atoms with Crippen molar-refractivity contribution in [1.29, 1.82) is 0 Å². The summed E-state index contributed by atoms with van der Waals surface area (Å²) in [7, 11) is 0. The molecule has 3 aromatic heterocycles. The van der Waals surface area contributed by atoms with Crippen molar-refractivity contribution in [3.63, 3.8) is 0 Å². The Hall–Kier alpha value is -3.50. The number of Topliss-reactive ketones (excluding diaryl/α,β-unsaturated/α-hetero) is 1. The summed E-state index contributed by atoms with van der Waals surface area (Å²) in [5.74, 6) is 1.16. The first kappa shape index (κ1) is 26.7. The number of pyridine rings is 1. The summed E-state index contributed by atoms with van der Waals surface area (Å²) in [5.41, 5.74) is 4.38. The van der Waals surface area contributed by atoms with Crippen molar-refractivity contribution in [2.24, 2.45) is 5.92 Å². The Morgan fingerprint density at radius 2 is 1.60 bits per heavy atom. The fourth-order valence-corrected chi connectivity index (χ4v) is 5.62. The largest absolute Gasteiger partial charge is 0.379 e. The van der Waals surface area contributed by atoms with Gasteiger partial charge in [0, 0.05) is 75.4 Å². The first-order chi connectivity index (χ1) is 19.7. The molecule has 0 amide bonds. The van der Waals surface area contributed by atoms with Crippen LogP contribution in [0.5, 0.6) is 0 Å². The van der Waals surface area contributed by atoms with Crippen LogP contribution in [0.15, 0.2) is 60.9 Å². The van der Waals surface area contributed by atoms with Gasteiger partial charge in [-0.1, -0.05) is 12.1 Å². The second kappa shape index (κ2) is 12.8. The van der Waals surface area contributed by atoms with Crippen molar-refractivity contribution >= 4 is 16.7 Å². The molecule has 1 N–H and O–H groups in total. The number of fused-ring (bicyclic) bond motifs is 1. The van der Waals surface area contributed by atoms with Crippen LogP contribution in [-0.2, 0) is 15.9 Å². The van der Waals surface area contributed by atoms with Crippen LogP contribution in [0.4, 0.5) is 0 Å². The summed E-state index contributed by atoms with van der Waals surface area (Å²) in [4.78, 5) is 35.4. The van der Waals surface area contributed by atoms with Crippen LogP contribution in [0.3, 0.4) is 0 Å². The molecule has 2 fully saturated rings. The van der Waals surface area contributed by atoms with Gasteiger partial charge in [0.25, 0.3) is 0 Å². The van der Waals surface area contributed by atoms with Crippen molar-refractivity contribution in [3.8, 4) is 11.4 Å². The number of nitrogens with one attached hydrogen (secondary N) is 1. The number of aromatic nitrogens is 4. The SMILES string of the molecule is O=C(CC(CN1CCOCC1)CN1CCOCC1)c1cc2cc(Cc3nccc(-c4ccccn4)n3)ccc2[nH]1. The van der Waals surface area contributed by atoms with Gasteiger partial charge < -0.3 is 14.5 Å². The second-order valence-electron chi connectivity index (χ2n) is 10.7. The van der Waals surface area contributed by atoms with E-state index in [-0.39, 0.29) is 11.7 Å². The summed E-state index contributed by atoms with van der Waals surface area (Å²) in [6.45, 7) is 8.59. The van der Waals surface area contributed by atoms with Crippen LogP contribution in [0.25, 0.3) is 22.3 Å². The van der Waals surface area contributed by atoms with Crippen molar-refractivity contribution in [2.45, 2.75) is 12.8 Å². The quantitative estimate of drug-likeness (QED) is 0.306. The van der Waals surface area contributed by atoms with E-state index in [1.807, 2.05) is 36.4 Å². The lowest BCUT2D eigenvalue weighted by Gasteiger charge is -2.34. The van der Waals surface area contributed by atoms with Crippen LogP contribution in [0, 0.1) is 5.92 Å². The number of H-pyrrole nitrogens is 1. The average molecular weight is 541 g/mol. The lowest BCUT2D eigenvalue weighted by atomic mass is 9.98. The lowest BCUT2D eigenvalue weighted by molar-refractivity contribution is 0.0116. The molecule has 0 unspecified atom stereocenters. The fraction of sp³-hybridized carbons (Fsp3) is 0.419. The lowest BCUT2D eigenvalue weighted by Crippen LogP contribution is -2.45. The molecule has 40 heavy (non-hydrogen) atoms. The Balaban J connectivity index is 1.14. The predicted molar refractivity (Wildman–Crippen MR) is 153 cm³/mol. The zero-order chi connectivity index (χ0) is 27.1. The fourth-order valence-electron chi connectivity index (χ4n) is 5.62. The Morgan fingerprint density at radius 3 is 2.30 bits per heavy atom. The van der Waals surface area contributed by atoms with Gasteiger partial charge in [-0.05, 0) is 47.9 Å². The molecule has 2 aliphatic rings. The van der Waals surface area contributed by atoms with Crippen LogP contribution in [0.1, 0.15) is 28.3 Å².